The van der Waals surface area contributed by atoms with Gasteiger partial charge in [0.1, 0.15) is 0 Å². The molecule has 0 aliphatic carbocycles. The molecule has 0 aromatic heterocycles. The first kappa shape index (κ1) is 9.36. The fourth-order valence-electron chi connectivity index (χ4n) is 2.47. The Morgan fingerprint density at radius 3 is 2.46 bits per heavy atom. The largest absolute Gasteiger partial charge is 0.395 e. The zero-order valence-electron chi connectivity index (χ0n) is 7.24. The number of rotatable bonds is 1. The lowest BCUT2D eigenvalue weighted by Crippen LogP contribution is -2.39. The summed E-state index contributed by atoms with van der Waals surface area (Å²) in [6.45, 7) is 0.451. The van der Waals surface area contributed by atoms with Gasteiger partial charge in [-0.05, 0) is 6.42 Å². The molecule has 2 aliphatic rings. The Kier molecular flexibility index (Phi) is 2.29. The first-order valence-corrected chi connectivity index (χ1v) is 4.57. The van der Waals surface area contributed by atoms with E-state index in [0.29, 0.717) is 13.0 Å². The third-order valence-corrected chi connectivity index (χ3v) is 3.17. The molecule has 0 radical (unpaired) electrons. The first-order valence-electron chi connectivity index (χ1n) is 4.57. The summed E-state index contributed by atoms with van der Waals surface area (Å²) in [6.07, 6.45) is -1.86. The van der Waals surface area contributed by atoms with E-state index in [-0.39, 0.29) is 6.61 Å². The number of fused-ring (bicyclic) bond motifs is 1. The van der Waals surface area contributed by atoms with Crippen molar-refractivity contribution < 1.29 is 20.4 Å². The Hall–Kier alpha value is -0.200. The average Bonchev–Trinajstić information content (AvgIpc) is 2.57. The third kappa shape index (κ3) is 1.19. The van der Waals surface area contributed by atoms with Gasteiger partial charge in [-0.25, -0.2) is 0 Å². The van der Waals surface area contributed by atoms with Gasteiger partial charge in [0.25, 0.3) is 0 Å². The maximum Gasteiger partial charge on any atom is 0.0995 e. The number of aliphatic hydroxyl groups is 4. The topological polar surface area (TPSA) is 84.2 Å². The van der Waals surface area contributed by atoms with Gasteiger partial charge in [0.2, 0.25) is 0 Å². The Morgan fingerprint density at radius 2 is 1.85 bits per heavy atom. The van der Waals surface area contributed by atoms with Crippen molar-refractivity contribution in [3.8, 4) is 0 Å². The molecule has 5 atom stereocenters. The van der Waals surface area contributed by atoms with Gasteiger partial charge in [0.15, 0.2) is 0 Å². The lowest BCUT2D eigenvalue weighted by Gasteiger charge is -2.22. The van der Waals surface area contributed by atoms with Crippen molar-refractivity contribution in [2.45, 2.75) is 36.8 Å². The van der Waals surface area contributed by atoms with E-state index >= 15 is 0 Å². The van der Waals surface area contributed by atoms with Crippen LogP contribution in [0.4, 0.5) is 0 Å². The van der Waals surface area contributed by atoms with Crippen LogP contribution >= 0.6 is 0 Å². The van der Waals surface area contributed by atoms with E-state index < -0.39 is 30.4 Å². The molecule has 2 saturated heterocycles. The molecule has 76 valence electrons. The van der Waals surface area contributed by atoms with Crippen molar-refractivity contribution in [1.82, 2.24) is 4.90 Å². The molecule has 5 nitrogen and oxygen atoms in total. The minimum Gasteiger partial charge on any atom is -0.395 e. The van der Waals surface area contributed by atoms with Crippen LogP contribution in [0.5, 0.6) is 0 Å². The monoisotopic (exact) mass is 189 g/mol. The molecule has 2 fully saturated rings. The van der Waals surface area contributed by atoms with Gasteiger partial charge >= 0.3 is 0 Å². The van der Waals surface area contributed by atoms with Gasteiger partial charge in [-0.2, -0.15) is 0 Å². The second kappa shape index (κ2) is 3.18. The van der Waals surface area contributed by atoms with Gasteiger partial charge in [-0.1, -0.05) is 0 Å². The maximum atomic E-state index is 9.58. The highest BCUT2D eigenvalue weighted by Gasteiger charge is 2.52. The van der Waals surface area contributed by atoms with Crippen LogP contribution < -0.4 is 0 Å². The summed E-state index contributed by atoms with van der Waals surface area (Å²) in [5.74, 6) is 0. The van der Waals surface area contributed by atoms with Crippen molar-refractivity contribution in [2.75, 3.05) is 13.2 Å². The van der Waals surface area contributed by atoms with Crippen molar-refractivity contribution in [1.29, 1.82) is 0 Å². The van der Waals surface area contributed by atoms with E-state index in [1.807, 2.05) is 0 Å². The molecule has 4 N–H and O–H groups in total. The zero-order chi connectivity index (χ0) is 9.59. The Balaban J connectivity index is 2.19. The van der Waals surface area contributed by atoms with Crippen LogP contribution in [-0.4, -0.2) is 68.9 Å². The van der Waals surface area contributed by atoms with E-state index in [9.17, 15) is 15.3 Å². The Bertz CT molecular complexity index is 201. The van der Waals surface area contributed by atoms with Crippen molar-refractivity contribution in [3.05, 3.63) is 0 Å². The Labute approximate surface area is 76.2 Å². The highest BCUT2D eigenvalue weighted by Crippen LogP contribution is 2.33. The van der Waals surface area contributed by atoms with Gasteiger partial charge in [-0.3, -0.25) is 4.90 Å². The van der Waals surface area contributed by atoms with Crippen LogP contribution in [0.3, 0.4) is 0 Å². The van der Waals surface area contributed by atoms with E-state index in [0.717, 1.165) is 0 Å². The van der Waals surface area contributed by atoms with Gasteiger partial charge in [0, 0.05) is 6.54 Å². The molecule has 13 heavy (non-hydrogen) atoms. The normalized spacial score (nSPS) is 51.2. The van der Waals surface area contributed by atoms with E-state index in [2.05, 4.69) is 0 Å². The van der Waals surface area contributed by atoms with E-state index in [4.69, 9.17) is 5.11 Å². The first-order chi connectivity index (χ1) is 6.16. The summed E-state index contributed by atoms with van der Waals surface area (Å²) in [4.78, 5) is 1.79. The van der Waals surface area contributed by atoms with Crippen LogP contribution in [0.15, 0.2) is 0 Å². The molecule has 0 aromatic rings. The molecule has 0 spiro atoms. The molecule has 2 aliphatic heterocycles. The molecular weight excluding hydrogens is 174 g/mol. The number of nitrogens with zero attached hydrogens (tertiary/aromatic N) is 1. The molecule has 5 heteroatoms. The van der Waals surface area contributed by atoms with Crippen LogP contribution in [-0.2, 0) is 0 Å². The van der Waals surface area contributed by atoms with Gasteiger partial charge in [-0.15, -0.1) is 0 Å². The predicted molar refractivity (Wildman–Crippen MR) is 44.0 cm³/mol. The average molecular weight is 189 g/mol. The maximum absolute atomic E-state index is 9.58. The summed E-state index contributed by atoms with van der Waals surface area (Å²) in [6, 6.07) is -0.815. The molecule has 3 unspecified atom stereocenters. The number of aliphatic hydroxyl groups excluding tert-OH is 4. The smallest absolute Gasteiger partial charge is 0.0995 e. The fraction of sp³-hybridized carbons (Fsp3) is 1.00. The minimum absolute atomic E-state index is 0.179. The van der Waals surface area contributed by atoms with Crippen molar-refractivity contribution >= 4 is 0 Å². The van der Waals surface area contributed by atoms with Crippen molar-refractivity contribution in [3.63, 3.8) is 0 Å². The summed E-state index contributed by atoms with van der Waals surface area (Å²) in [5, 5.41) is 37.6. The Morgan fingerprint density at radius 1 is 1.15 bits per heavy atom. The molecule has 0 amide bonds. The standard InChI is InChI=1S/C8H15NO4/c10-3-4-7(12)8(13)6-5(11)1-2-9(4)6/h4-8,10-13H,1-3H2/t4-,5?,6?,7?,8-/m1/s1. The van der Waals surface area contributed by atoms with E-state index in [1.165, 1.54) is 0 Å². The molecule has 0 saturated carbocycles. The predicted octanol–water partition coefficient (Wildman–Crippen LogP) is -2.48. The van der Waals surface area contributed by atoms with Crippen LogP contribution in [0.1, 0.15) is 6.42 Å². The van der Waals surface area contributed by atoms with Gasteiger partial charge < -0.3 is 20.4 Å². The lowest BCUT2D eigenvalue weighted by atomic mass is 10.0. The minimum atomic E-state index is -0.940. The number of hydrogen-bond acceptors (Lipinski definition) is 5. The summed E-state index contributed by atoms with van der Waals surface area (Å²) >= 11 is 0. The third-order valence-electron chi connectivity index (χ3n) is 3.17. The second-order valence-corrected chi connectivity index (χ2v) is 3.82. The zero-order valence-corrected chi connectivity index (χ0v) is 7.24. The summed E-state index contributed by atoms with van der Waals surface area (Å²) < 4.78 is 0. The van der Waals surface area contributed by atoms with Crippen LogP contribution in [0.2, 0.25) is 0 Å². The number of hydrogen-bond donors (Lipinski definition) is 4. The SMILES string of the molecule is OC[C@@H]1C(O)[C@H](O)C2C(O)CCN21. The molecule has 0 aromatic carbocycles. The summed E-state index contributed by atoms with van der Waals surface area (Å²) in [7, 11) is 0. The van der Waals surface area contributed by atoms with Crippen LogP contribution in [0, 0.1) is 0 Å². The quantitative estimate of drug-likeness (QED) is 0.367. The molecule has 0 bridgehead atoms. The highest BCUT2D eigenvalue weighted by molar-refractivity contribution is 5.06. The molecule has 2 rings (SSSR count). The highest BCUT2D eigenvalue weighted by atomic mass is 16.3. The molecular formula is C8H15NO4. The molecule has 2 heterocycles. The second-order valence-electron chi connectivity index (χ2n) is 3.82. The lowest BCUT2D eigenvalue weighted by molar-refractivity contribution is -0.000895. The summed E-state index contributed by atoms with van der Waals surface area (Å²) in [5.41, 5.74) is 0. The van der Waals surface area contributed by atoms with Crippen molar-refractivity contribution in [2.24, 2.45) is 0 Å². The van der Waals surface area contributed by atoms with Crippen LogP contribution in [0.25, 0.3) is 0 Å². The van der Waals surface area contributed by atoms with Gasteiger partial charge in [0.05, 0.1) is 37.0 Å². The fourth-order valence-corrected chi connectivity index (χ4v) is 2.47. The van der Waals surface area contributed by atoms with E-state index in [1.54, 1.807) is 4.90 Å².